The molecule has 3 aliphatic heterocycles. The zero-order chi connectivity index (χ0) is 23.1. The van der Waals surface area contributed by atoms with Crippen LogP contribution in [-0.4, -0.2) is 57.7 Å². The summed E-state index contributed by atoms with van der Waals surface area (Å²) in [5, 5.41) is 0.658. The van der Waals surface area contributed by atoms with Crippen LogP contribution in [0.15, 0.2) is 18.1 Å². The van der Waals surface area contributed by atoms with Gasteiger partial charge in [0.2, 0.25) is 0 Å². The van der Waals surface area contributed by atoms with Crippen molar-refractivity contribution in [1.29, 1.82) is 0 Å². The zero-order valence-corrected chi connectivity index (χ0v) is 20.1. The van der Waals surface area contributed by atoms with Crippen molar-refractivity contribution >= 4 is 16.7 Å². The van der Waals surface area contributed by atoms with Gasteiger partial charge in [-0.25, -0.2) is 8.78 Å². The monoisotopic (exact) mass is 489 g/mol. The van der Waals surface area contributed by atoms with Crippen molar-refractivity contribution in [2.75, 3.05) is 31.1 Å². The summed E-state index contributed by atoms with van der Waals surface area (Å²) in [6.07, 6.45) is 11.4. The Kier molecular flexibility index (Phi) is 5.29. The van der Waals surface area contributed by atoms with Gasteiger partial charge in [0.15, 0.2) is 5.82 Å². The summed E-state index contributed by atoms with van der Waals surface area (Å²) in [4.78, 5) is 18.4. The van der Waals surface area contributed by atoms with E-state index in [0.717, 1.165) is 56.5 Å². The number of hydrogen-bond donors (Lipinski definition) is 0. The first-order valence-electron chi connectivity index (χ1n) is 12.8. The van der Waals surface area contributed by atoms with E-state index < -0.39 is 5.82 Å². The van der Waals surface area contributed by atoms with E-state index in [1.807, 2.05) is 0 Å². The van der Waals surface area contributed by atoms with E-state index in [4.69, 9.17) is 9.72 Å². The molecule has 0 aromatic carbocycles. The van der Waals surface area contributed by atoms with Crippen LogP contribution in [0.4, 0.5) is 19.3 Å². The predicted octanol–water partition coefficient (Wildman–Crippen LogP) is 5.11. The number of halogens is 3. The first-order valence-corrected chi connectivity index (χ1v) is 12.8. The summed E-state index contributed by atoms with van der Waals surface area (Å²) < 4.78 is 35.1. The smallest absolute Gasteiger partial charge is 0.319 e. The number of anilines is 1. The van der Waals surface area contributed by atoms with Gasteiger partial charge in [0.05, 0.1) is 22.9 Å². The van der Waals surface area contributed by atoms with Crippen LogP contribution in [0, 0.1) is 24.1 Å². The van der Waals surface area contributed by atoms with Crippen LogP contribution in [0.2, 0.25) is 0 Å². The second-order valence-corrected chi connectivity index (χ2v) is 11.2. The highest BCUT2D eigenvalue weighted by molar-refractivity contribution is 5.90. The van der Waals surface area contributed by atoms with E-state index >= 15 is 4.39 Å². The van der Waals surface area contributed by atoms with Gasteiger partial charge in [0, 0.05) is 26.8 Å². The van der Waals surface area contributed by atoms with Gasteiger partial charge in [-0.3, -0.25) is 14.6 Å². The van der Waals surface area contributed by atoms with Gasteiger partial charge in [0.25, 0.3) is 0 Å². The highest BCUT2D eigenvalue weighted by Gasteiger charge is 2.67. The summed E-state index contributed by atoms with van der Waals surface area (Å²) in [5.74, 6) is 1.04. The van der Waals surface area contributed by atoms with E-state index in [9.17, 15) is 4.39 Å². The van der Waals surface area contributed by atoms with E-state index in [2.05, 4.69) is 19.8 Å². The third-order valence-electron chi connectivity index (χ3n) is 9.41. The van der Waals surface area contributed by atoms with Gasteiger partial charge in [-0.1, -0.05) is 6.42 Å². The fourth-order valence-electron chi connectivity index (χ4n) is 7.19. The van der Waals surface area contributed by atoms with Gasteiger partial charge in [0.1, 0.15) is 17.9 Å². The number of fused-ring (bicyclic) bond motifs is 4. The van der Waals surface area contributed by atoms with Gasteiger partial charge >= 0.3 is 6.01 Å². The summed E-state index contributed by atoms with van der Waals surface area (Å²) in [6, 6.07) is 0.687. The van der Waals surface area contributed by atoms with Gasteiger partial charge < -0.3 is 9.64 Å². The molecule has 9 heteroatoms. The van der Waals surface area contributed by atoms with Crippen molar-refractivity contribution in [1.82, 2.24) is 19.9 Å². The number of rotatable bonds is 4. The molecule has 0 bridgehead atoms. The minimum Gasteiger partial charge on any atom is -0.461 e. The lowest BCUT2D eigenvalue weighted by atomic mass is 9.80. The van der Waals surface area contributed by atoms with Crippen molar-refractivity contribution < 1.29 is 19.6 Å². The summed E-state index contributed by atoms with van der Waals surface area (Å²) in [7, 11) is 0. The fourth-order valence-corrected chi connectivity index (χ4v) is 7.19. The highest BCUT2D eigenvalue weighted by Crippen LogP contribution is 2.66. The molecule has 0 amide bonds. The van der Waals surface area contributed by atoms with Crippen molar-refractivity contribution in [3.8, 4) is 6.01 Å². The molecule has 1 spiro atoms. The number of aryl methyl sites for hydroxylation is 1. The Hall–Kier alpha value is -2.42. The first kappa shape index (κ1) is 23.0. The number of nitrogens with zero attached hydrogens (tertiary/aromatic N) is 5. The predicted molar refractivity (Wildman–Crippen MR) is 130 cm³/mol. The lowest BCUT2D eigenvalue weighted by molar-refractivity contribution is 0.0649. The maximum Gasteiger partial charge on any atom is 0.319 e. The molecule has 2 aromatic rings. The largest absolute Gasteiger partial charge is 0.461 e. The molecule has 2 aromatic heterocycles. The normalized spacial score (nSPS) is 31.9. The van der Waals surface area contributed by atoms with Gasteiger partial charge in [-0.05, 0) is 75.3 Å². The average molecular weight is 490 g/mol. The Morgan fingerprint density at radius 1 is 1.23 bits per heavy atom. The third-order valence-corrected chi connectivity index (χ3v) is 9.41. The number of hydrogen-bond acceptors (Lipinski definition) is 6. The standard InChI is InChI=1S/C26H31F2N5O.FH.H2/c1-16-21(28)22-19(13-29-16)23(33-8-3-2-4-18-10-20(18)33)31-24(30-22)34-15-26-11-17(12-27)14-32(26)9-7-25(26)5-6-25;;/h12-13,18,20H,2-11,14-15H2,1H3;2*1H/b17-12+;;/t18-,20+,26-;;/m0../s1. The number of ether oxygens (including phenoxy) is 1. The maximum atomic E-state index is 15.2. The molecule has 6 nitrogen and oxygen atoms in total. The molecule has 5 aliphatic rings. The highest BCUT2D eigenvalue weighted by atomic mass is 19.1. The molecule has 5 fully saturated rings. The molecule has 190 valence electrons. The molecule has 3 atom stereocenters. The fraction of sp³-hybridized carbons (Fsp3) is 0.654. The second kappa shape index (κ2) is 8.05. The minimum absolute atomic E-state index is 0. The molecule has 0 N–H and O–H groups in total. The van der Waals surface area contributed by atoms with Crippen LogP contribution in [0.3, 0.4) is 0 Å². The Labute approximate surface area is 204 Å². The van der Waals surface area contributed by atoms with Crippen molar-refractivity contribution in [3.63, 3.8) is 0 Å². The third kappa shape index (κ3) is 3.37. The molecule has 2 aliphatic carbocycles. The molecule has 3 saturated heterocycles. The molecule has 0 unspecified atom stereocenters. The topological polar surface area (TPSA) is 54.4 Å². The van der Waals surface area contributed by atoms with Crippen LogP contribution in [-0.2, 0) is 0 Å². The summed E-state index contributed by atoms with van der Waals surface area (Å²) >= 11 is 0. The summed E-state index contributed by atoms with van der Waals surface area (Å²) in [6.45, 7) is 4.62. The Bertz CT molecular complexity index is 1210. The lowest BCUT2D eigenvalue weighted by Crippen LogP contribution is -2.49. The summed E-state index contributed by atoms with van der Waals surface area (Å²) in [5.41, 5.74) is 1.45. The lowest BCUT2D eigenvalue weighted by Gasteiger charge is -2.37. The molecule has 2 saturated carbocycles. The van der Waals surface area contributed by atoms with Gasteiger partial charge in [-0.2, -0.15) is 9.97 Å². The van der Waals surface area contributed by atoms with Crippen molar-refractivity contribution in [3.05, 3.63) is 29.6 Å². The van der Waals surface area contributed by atoms with Crippen LogP contribution < -0.4 is 9.64 Å². The molecular formula is C26H34F3N5O. The Morgan fingerprint density at radius 2 is 2.09 bits per heavy atom. The van der Waals surface area contributed by atoms with E-state index in [0.29, 0.717) is 42.6 Å². The van der Waals surface area contributed by atoms with Gasteiger partial charge in [-0.15, -0.1) is 0 Å². The quantitative estimate of drug-likeness (QED) is 0.595. The maximum absolute atomic E-state index is 15.2. The van der Waals surface area contributed by atoms with Crippen molar-refractivity contribution in [2.24, 2.45) is 11.3 Å². The van der Waals surface area contributed by atoms with Crippen LogP contribution >= 0.6 is 0 Å². The Balaban J connectivity index is 0.00000133. The molecule has 35 heavy (non-hydrogen) atoms. The average Bonchev–Trinajstić information content (AvgIpc) is 3.73. The first-order chi connectivity index (χ1) is 16.5. The zero-order valence-electron chi connectivity index (χ0n) is 20.1. The molecule has 0 radical (unpaired) electrons. The molecule has 5 heterocycles. The number of pyridine rings is 1. The SMILES string of the molecule is Cc1ncc2c(N3CCCC[C@H]4C[C@H]43)nc(OC[C@]34C/C(=C\F)CN3CCC43CC3)nc2c1F.F.[HH]. The second-order valence-electron chi connectivity index (χ2n) is 11.2. The van der Waals surface area contributed by atoms with E-state index in [1.54, 1.807) is 13.1 Å². The van der Waals surface area contributed by atoms with Crippen LogP contribution in [0.5, 0.6) is 6.01 Å². The van der Waals surface area contributed by atoms with Crippen LogP contribution in [0.25, 0.3) is 10.9 Å². The molecular weight excluding hydrogens is 455 g/mol. The van der Waals surface area contributed by atoms with E-state index in [1.165, 1.54) is 19.3 Å². The minimum atomic E-state index is -0.406. The van der Waals surface area contributed by atoms with Crippen LogP contribution in [0.1, 0.15) is 58.5 Å². The Morgan fingerprint density at radius 3 is 2.89 bits per heavy atom. The number of aromatic nitrogens is 3. The molecule has 7 rings (SSSR count). The van der Waals surface area contributed by atoms with E-state index in [-0.39, 0.29) is 28.6 Å². The van der Waals surface area contributed by atoms with Crippen molar-refractivity contribution in [2.45, 2.75) is 69.9 Å².